The number of halogens is 1. The Bertz CT molecular complexity index is 1110. The van der Waals surface area contributed by atoms with Crippen LogP contribution in [0, 0.1) is 5.82 Å². The molecule has 164 valence electrons. The Hall–Kier alpha value is -2.97. The summed E-state index contributed by atoms with van der Waals surface area (Å²) < 4.78 is 19.8. The van der Waals surface area contributed by atoms with Crippen molar-refractivity contribution in [2.45, 2.75) is 44.3 Å². The van der Waals surface area contributed by atoms with Crippen LogP contribution in [0.25, 0.3) is 11.1 Å². The highest BCUT2D eigenvalue weighted by molar-refractivity contribution is 5.82. The molecule has 31 heavy (non-hydrogen) atoms. The van der Waals surface area contributed by atoms with E-state index in [1.807, 2.05) is 6.07 Å². The summed E-state index contributed by atoms with van der Waals surface area (Å²) in [6, 6.07) is 13.4. The van der Waals surface area contributed by atoms with Crippen molar-refractivity contribution >= 4 is 17.0 Å². The fraction of sp³-hybridized carbons (Fsp3) is 0.391. The fourth-order valence-electron chi connectivity index (χ4n) is 4.19. The van der Waals surface area contributed by atoms with Gasteiger partial charge in [-0.1, -0.05) is 24.3 Å². The van der Waals surface area contributed by atoms with E-state index in [1.54, 1.807) is 49.2 Å². The lowest BCUT2D eigenvalue weighted by Gasteiger charge is -2.22. The molecule has 0 spiro atoms. The van der Waals surface area contributed by atoms with Crippen LogP contribution in [0.3, 0.4) is 0 Å². The van der Waals surface area contributed by atoms with Crippen molar-refractivity contribution in [1.29, 1.82) is 0 Å². The van der Waals surface area contributed by atoms with E-state index < -0.39 is 11.8 Å². The van der Waals surface area contributed by atoms with Crippen LogP contribution in [0.1, 0.15) is 43.8 Å². The summed E-state index contributed by atoms with van der Waals surface area (Å²) in [6.07, 6.45) is 2.62. The maximum Gasteiger partial charge on any atom is 0.420 e. The van der Waals surface area contributed by atoms with Crippen molar-refractivity contribution < 1.29 is 13.6 Å². The minimum absolute atomic E-state index is 0.129. The largest absolute Gasteiger partial charge is 0.420 e. The number of benzene rings is 2. The predicted octanol–water partition coefficient (Wildman–Crippen LogP) is 3.14. The lowest BCUT2D eigenvalue weighted by Crippen LogP contribution is -2.37. The van der Waals surface area contributed by atoms with Gasteiger partial charge >= 0.3 is 5.76 Å². The topological polar surface area (TPSA) is 79.5 Å². The summed E-state index contributed by atoms with van der Waals surface area (Å²) in [7, 11) is 1.76. The van der Waals surface area contributed by atoms with Gasteiger partial charge in [0, 0.05) is 25.7 Å². The predicted molar refractivity (Wildman–Crippen MR) is 116 cm³/mol. The second kappa shape index (κ2) is 9.03. The number of oxazole rings is 1. The van der Waals surface area contributed by atoms with Gasteiger partial charge in [-0.05, 0) is 56.0 Å². The van der Waals surface area contributed by atoms with Gasteiger partial charge in [0.1, 0.15) is 11.9 Å². The van der Waals surface area contributed by atoms with Crippen LogP contribution in [0.4, 0.5) is 4.39 Å². The van der Waals surface area contributed by atoms with Crippen molar-refractivity contribution in [2.75, 3.05) is 13.6 Å². The molecule has 3 aromatic rings. The van der Waals surface area contributed by atoms with Gasteiger partial charge in [0.05, 0.1) is 5.52 Å². The smallest absolute Gasteiger partial charge is 0.408 e. The molecule has 1 amide bonds. The third-order valence-corrected chi connectivity index (χ3v) is 5.94. The lowest BCUT2D eigenvalue weighted by atomic mass is 9.99. The number of carbonyl (C=O) groups excluding carboxylic acids is 1. The average molecular weight is 426 g/mol. The minimum Gasteiger partial charge on any atom is -0.408 e. The molecule has 0 bridgehead atoms. The highest BCUT2D eigenvalue weighted by Crippen LogP contribution is 2.24. The number of fused-ring (bicyclic) bond motifs is 1. The summed E-state index contributed by atoms with van der Waals surface area (Å²) in [5, 5.41) is 0. The maximum atomic E-state index is 13.1. The second-order valence-corrected chi connectivity index (χ2v) is 8.11. The minimum atomic E-state index is -0.643. The number of amides is 1. The fourth-order valence-corrected chi connectivity index (χ4v) is 4.19. The first-order valence-corrected chi connectivity index (χ1v) is 10.6. The molecule has 7 nitrogen and oxygen atoms in total. The zero-order chi connectivity index (χ0) is 22.0. The van der Waals surface area contributed by atoms with Crippen LogP contribution in [0.15, 0.2) is 57.7 Å². The van der Waals surface area contributed by atoms with Gasteiger partial charge in [0.15, 0.2) is 5.58 Å². The molecule has 0 saturated carbocycles. The number of nitrogens with one attached hydrogen (secondary N) is 2. The summed E-state index contributed by atoms with van der Waals surface area (Å²) in [5.74, 6) is -0.891. The van der Waals surface area contributed by atoms with Crippen LogP contribution in [-0.2, 0) is 4.79 Å². The van der Waals surface area contributed by atoms with Crippen molar-refractivity contribution in [2.24, 2.45) is 0 Å². The Morgan fingerprint density at radius 3 is 2.74 bits per heavy atom. The Balaban J connectivity index is 1.29. The first-order chi connectivity index (χ1) is 14.9. The Labute approximate surface area is 179 Å². The zero-order valence-corrected chi connectivity index (χ0v) is 17.7. The van der Waals surface area contributed by atoms with Crippen LogP contribution < -0.4 is 16.6 Å². The molecule has 1 aliphatic heterocycles. The quantitative estimate of drug-likeness (QED) is 0.607. The number of hydrazine groups is 1. The van der Waals surface area contributed by atoms with Gasteiger partial charge in [-0.15, -0.1) is 0 Å². The van der Waals surface area contributed by atoms with Gasteiger partial charge in [0.25, 0.3) is 0 Å². The van der Waals surface area contributed by atoms with Gasteiger partial charge in [-0.25, -0.2) is 9.18 Å². The van der Waals surface area contributed by atoms with E-state index in [1.165, 1.54) is 16.7 Å². The molecule has 2 N–H and O–H groups in total. The van der Waals surface area contributed by atoms with Crippen molar-refractivity contribution in [3.05, 3.63) is 70.5 Å². The molecule has 1 fully saturated rings. The van der Waals surface area contributed by atoms with Gasteiger partial charge in [-0.3, -0.25) is 20.2 Å². The molecular weight excluding hydrogens is 399 g/mol. The number of para-hydroxylation sites is 2. The van der Waals surface area contributed by atoms with Crippen molar-refractivity contribution in [1.82, 2.24) is 20.3 Å². The van der Waals surface area contributed by atoms with E-state index in [0.29, 0.717) is 17.6 Å². The number of carbonyl (C=O) groups is 1. The van der Waals surface area contributed by atoms with Crippen LogP contribution in [-0.4, -0.2) is 35.0 Å². The molecular formula is C23H27FN4O3. The first-order valence-electron chi connectivity index (χ1n) is 10.6. The average Bonchev–Trinajstić information content (AvgIpc) is 3.36. The molecule has 4 rings (SSSR count). The Kier molecular flexibility index (Phi) is 6.20. The van der Waals surface area contributed by atoms with E-state index >= 15 is 0 Å². The van der Waals surface area contributed by atoms with Crippen molar-refractivity contribution in [3.63, 3.8) is 0 Å². The Morgan fingerprint density at radius 2 is 1.97 bits per heavy atom. The highest BCUT2D eigenvalue weighted by atomic mass is 19.1. The molecule has 2 heterocycles. The van der Waals surface area contributed by atoms with E-state index in [2.05, 4.69) is 10.9 Å². The first kappa shape index (κ1) is 21.3. The van der Waals surface area contributed by atoms with E-state index in [0.717, 1.165) is 24.8 Å². The molecule has 1 aliphatic rings. The monoisotopic (exact) mass is 426 g/mol. The summed E-state index contributed by atoms with van der Waals surface area (Å²) >= 11 is 0. The zero-order valence-electron chi connectivity index (χ0n) is 17.7. The Morgan fingerprint density at radius 1 is 1.23 bits per heavy atom. The van der Waals surface area contributed by atoms with E-state index in [-0.39, 0.29) is 23.8 Å². The van der Waals surface area contributed by atoms with Gasteiger partial charge in [0.2, 0.25) is 5.91 Å². The highest BCUT2D eigenvalue weighted by Gasteiger charge is 2.26. The lowest BCUT2D eigenvalue weighted by molar-refractivity contribution is -0.133. The summed E-state index contributed by atoms with van der Waals surface area (Å²) in [5.41, 5.74) is 8.70. The number of hydrogen-bond donors (Lipinski definition) is 2. The molecule has 1 aromatic heterocycles. The summed E-state index contributed by atoms with van der Waals surface area (Å²) in [6.45, 7) is 2.31. The van der Waals surface area contributed by atoms with E-state index in [9.17, 15) is 14.0 Å². The standard InChI is InChI=1S/C23H27FN4O3/c1-15(28-20-7-3-4-8-21(20)31-23(28)30)22(29)27(2)13-5-6-18-14-19(26-25-18)16-9-11-17(24)12-10-16/h3-4,7-12,15,18-19,25-26H,5-6,13-14H2,1-2H3. The normalized spacial score (nSPS) is 19.6. The van der Waals surface area contributed by atoms with Crippen LogP contribution >= 0.6 is 0 Å². The molecule has 0 aliphatic carbocycles. The molecule has 8 heteroatoms. The van der Waals surface area contributed by atoms with Gasteiger partial charge < -0.3 is 9.32 Å². The maximum absolute atomic E-state index is 13.1. The van der Waals surface area contributed by atoms with E-state index in [4.69, 9.17) is 4.42 Å². The molecule has 0 radical (unpaired) electrons. The number of aromatic nitrogens is 1. The van der Waals surface area contributed by atoms with Gasteiger partial charge in [-0.2, -0.15) is 0 Å². The van der Waals surface area contributed by atoms with Crippen LogP contribution in [0.2, 0.25) is 0 Å². The third-order valence-electron chi connectivity index (χ3n) is 5.94. The number of hydrogen-bond acceptors (Lipinski definition) is 5. The van der Waals surface area contributed by atoms with Crippen molar-refractivity contribution in [3.8, 4) is 0 Å². The second-order valence-electron chi connectivity index (χ2n) is 8.11. The van der Waals surface area contributed by atoms with Crippen LogP contribution in [0.5, 0.6) is 0 Å². The molecule has 3 atom stereocenters. The number of likely N-dealkylation sites (N-methyl/N-ethyl adjacent to an activating group) is 1. The molecule has 3 unspecified atom stereocenters. The number of nitrogens with zero attached hydrogens (tertiary/aromatic N) is 2. The summed E-state index contributed by atoms with van der Waals surface area (Å²) in [4.78, 5) is 26.8. The molecule has 1 saturated heterocycles. The third kappa shape index (κ3) is 4.55. The number of rotatable bonds is 7. The molecule has 2 aromatic carbocycles. The SMILES string of the molecule is CC(C(=O)N(C)CCCC1CC(c2ccc(F)cc2)NN1)n1c(=O)oc2ccccc21.